The third-order valence-corrected chi connectivity index (χ3v) is 4.65. The Morgan fingerprint density at radius 2 is 2.11 bits per heavy atom. The van der Waals surface area contributed by atoms with Gasteiger partial charge in [-0.05, 0) is 42.7 Å². The lowest BCUT2D eigenvalue weighted by molar-refractivity contribution is -0.123. The van der Waals surface area contributed by atoms with E-state index >= 15 is 0 Å². The van der Waals surface area contributed by atoms with Gasteiger partial charge in [-0.3, -0.25) is 4.79 Å². The molecule has 0 amide bonds. The number of fused-ring (bicyclic) bond motifs is 3. The summed E-state index contributed by atoms with van der Waals surface area (Å²) < 4.78 is 0. The topological polar surface area (TPSA) is 17.1 Å². The van der Waals surface area contributed by atoms with Crippen molar-refractivity contribution in [3.05, 3.63) is 41.0 Å². The Balaban J connectivity index is 2.02. The molecule has 1 nitrogen and oxygen atoms in total. The molecule has 0 N–H and O–H groups in total. The first-order valence-electron chi connectivity index (χ1n) is 7.63. The zero-order valence-corrected chi connectivity index (χ0v) is 11.7. The zero-order valence-electron chi connectivity index (χ0n) is 11.7. The van der Waals surface area contributed by atoms with Crippen LogP contribution < -0.4 is 0 Å². The van der Waals surface area contributed by atoms with Gasteiger partial charge in [-0.15, -0.1) is 0 Å². The molecule has 1 saturated carbocycles. The van der Waals surface area contributed by atoms with Gasteiger partial charge in [0.25, 0.3) is 0 Å². The standard InChI is InChI=1S/C18H22O/c1-2-3-7-13-12-14-8-4-5-9-15(14)18-16(13)10-6-11-17(18)19/h4-5,8-9,12,16,18H,2-3,6-7,10-11H2,1H3. The van der Waals surface area contributed by atoms with Crippen LogP contribution in [0.3, 0.4) is 0 Å². The second-order valence-electron chi connectivity index (χ2n) is 5.89. The fourth-order valence-electron chi connectivity index (χ4n) is 3.70. The van der Waals surface area contributed by atoms with Crippen molar-refractivity contribution < 1.29 is 4.79 Å². The molecule has 19 heavy (non-hydrogen) atoms. The molecule has 2 unspecified atom stereocenters. The highest BCUT2D eigenvalue weighted by atomic mass is 16.1. The highest BCUT2D eigenvalue weighted by Crippen LogP contribution is 2.46. The fraction of sp³-hybridized carbons (Fsp3) is 0.500. The summed E-state index contributed by atoms with van der Waals surface area (Å²) in [5.74, 6) is 1.11. The van der Waals surface area contributed by atoms with Gasteiger partial charge in [-0.25, -0.2) is 0 Å². The molecule has 0 aliphatic heterocycles. The van der Waals surface area contributed by atoms with E-state index in [0.717, 1.165) is 12.8 Å². The van der Waals surface area contributed by atoms with Gasteiger partial charge >= 0.3 is 0 Å². The molecule has 0 radical (unpaired) electrons. The third kappa shape index (κ3) is 2.27. The van der Waals surface area contributed by atoms with Crippen molar-refractivity contribution in [2.45, 2.75) is 51.4 Å². The maximum atomic E-state index is 12.4. The summed E-state index contributed by atoms with van der Waals surface area (Å²) in [7, 11) is 0. The number of rotatable bonds is 3. The summed E-state index contributed by atoms with van der Waals surface area (Å²) in [6.07, 6.45) is 9.04. The second-order valence-corrected chi connectivity index (χ2v) is 5.89. The zero-order chi connectivity index (χ0) is 13.2. The van der Waals surface area contributed by atoms with Crippen LogP contribution in [0.4, 0.5) is 0 Å². The number of Topliss-reactive ketones (excluding diaryl/α,β-unsaturated/α-hetero) is 1. The summed E-state index contributed by atoms with van der Waals surface area (Å²) in [5, 5.41) is 0. The minimum atomic E-state index is 0.154. The number of benzene rings is 1. The third-order valence-electron chi connectivity index (χ3n) is 4.65. The van der Waals surface area contributed by atoms with E-state index in [0.29, 0.717) is 11.7 Å². The largest absolute Gasteiger partial charge is 0.299 e. The number of unbranched alkanes of at least 4 members (excludes halogenated alkanes) is 1. The molecule has 0 heterocycles. The molecule has 2 aliphatic rings. The summed E-state index contributed by atoms with van der Waals surface area (Å²) in [4.78, 5) is 12.4. The normalized spacial score (nSPS) is 25.5. The molecular weight excluding hydrogens is 232 g/mol. The number of hydrogen-bond acceptors (Lipinski definition) is 1. The number of allylic oxidation sites excluding steroid dienone is 1. The van der Waals surface area contributed by atoms with Crippen LogP contribution in [-0.4, -0.2) is 5.78 Å². The Bertz CT molecular complexity index is 512. The molecule has 0 spiro atoms. The molecule has 1 heteroatoms. The predicted octanol–water partition coefficient (Wildman–Crippen LogP) is 4.73. The molecule has 1 fully saturated rings. The lowest BCUT2D eigenvalue weighted by Gasteiger charge is -2.37. The quantitative estimate of drug-likeness (QED) is 0.762. The van der Waals surface area contributed by atoms with E-state index in [2.05, 4.69) is 37.3 Å². The minimum Gasteiger partial charge on any atom is -0.299 e. The van der Waals surface area contributed by atoms with Crippen LogP contribution in [0.1, 0.15) is 62.5 Å². The molecule has 100 valence electrons. The number of hydrogen-bond donors (Lipinski definition) is 0. The molecule has 2 aliphatic carbocycles. The van der Waals surface area contributed by atoms with E-state index in [1.54, 1.807) is 0 Å². The first-order chi connectivity index (χ1) is 9.31. The van der Waals surface area contributed by atoms with Crippen molar-refractivity contribution >= 4 is 11.9 Å². The van der Waals surface area contributed by atoms with E-state index in [-0.39, 0.29) is 5.92 Å². The van der Waals surface area contributed by atoms with Crippen LogP contribution in [0.2, 0.25) is 0 Å². The lowest BCUT2D eigenvalue weighted by atomic mass is 9.66. The van der Waals surface area contributed by atoms with Gasteiger partial charge in [0.2, 0.25) is 0 Å². The van der Waals surface area contributed by atoms with Gasteiger partial charge in [-0.1, -0.05) is 49.3 Å². The van der Waals surface area contributed by atoms with Crippen LogP contribution in [-0.2, 0) is 4.79 Å². The van der Waals surface area contributed by atoms with Crippen molar-refractivity contribution in [3.8, 4) is 0 Å². The van der Waals surface area contributed by atoms with Crippen LogP contribution >= 0.6 is 0 Å². The van der Waals surface area contributed by atoms with Crippen LogP contribution in [0.25, 0.3) is 6.08 Å². The minimum absolute atomic E-state index is 0.154. The van der Waals surface area contributed by atoms with E-state index in [1.165, 1.54) is 42.4 Å². The van der Waals surface area contributed by atoms with Crippen LogP contribution in [0, 0.1) is 5.92 Å². The molecular formula is C18H22O. The number of ketones is 1. The highest BCUT2D eigenvalue weighted by molar-refractivity contribution is 5.90. The maximum absolute atomic E-state index is 12.4. The Hall–Kier alpha value is -1.37. The van der Waals surface area contributed by atoms with E-state index in [9.17, 15) is 4.79 Å². The van der Waals surface area contributed by atoms with Crippen molar-refractivity contribution in [2.24, 2.45) is 5.92 Å². The van der Waals surface area contributed by atoms with Crippen molar-refractivity contribution in [1.82, 2.24) is 0 Å². The summed E-state index contributed by atoms with van der Waals surface area (Å²) in [5.41, 5.74) is 4.08. The van der Waals surface area contributed by atoms with E-state index in [1.807, 2.05) is 0 Å². The summed E-state index contributed by atoms with van der Waals surface area (Å²) >= 11 is 0. The molecule has 1 aromatic rings. The van der Waals surface area contributed by atoms with Crippen LogP contribution in [0.5, 0.6) is 0 Å². The molecule has 1 aromatic carbocycles. The number of carbonyl (C=O) groups is 1. The van der Waals surface area contributed by atoms with Crippen molar-refractivity contribution in [3.63, 3.8) is 0 Å². The monoisotopic (exact) mass is 254 g/mol. The average molecular weight is 254 g/mol. The van der Waals surface area contributed by atoms with Gasteiger partial charge in [-0.2, -0.15) is 0 Å². The Morgan fingerprint density at radius 1 is 1.26 bits per heavy atom. The fourth-order valence-corrected chi connectivity index (χ4v) is 3.70. The Labute approximate surface area is 115 Å². The van der Waals surface area contributed by atoms with Crippen molar-refractivity contribution in [1.29, 1.82) is 0 Å². The summed E-state index contributed by atoms with van der Waals surface area (Å²) in [6, 6.07) is 8.48. The molecule has 3 rings (SSSR count). The van der Waals surface area contributed by atoms with Gasteiger partial charge in [0.1, 0.15) is 5.78 Å². The maximum Gasteiger partial charge on any atom is 0.140 e. The molecule has 0 saturated heterocycles. The van der Waals surface area contributed by atoms with Gasteiger partial charge in [0, 0.05) is 12.3 Å². The van der Waals surface area contributed by atoms with Crippen LogP contribution in [0.15, 0.2) is 29.8 Å². The summed E-state index contributed by atoms with van der Waals surface area (Å²) in [6.45, 7) is 2.24. The molecule has 0 aromatic heterocycles. The van der Waals surface area contributed by atoms with Gasteiger partial charge < -0.3 is 0 Å². The predicted molar refractivity (Wildman–Crippen MR) is 79.0 cm³/mol. The average Bonchev–Trinajstić information content (AvgIpc) is 2.45. The second kappa shape index (κ2) is 5.32. The highest BCUT2D eigenvalue weighted by Gasteiger charge is 2.37. The first-order valence-corrected chi connectivity index (χ1v) is 7.63. The van der Waals surface area contributed by atoms with Gasteiger partial charge in [0.15, 0.2) is 0 Å². The first kappa shape index (κ1) is 12.7. The van der Waals surface area contributed by atoms with Gasteiger partial charge in [0.05, 0.1) is 0 Å². The number of carbonyl (C=O) groups excluding carboxylic acids is 1. The molecule has 0 bridgehead atoms. The van der Waals surface area contributed by atoms with E-state index < -0.39 is 0 Å². The molecule has 2 atom stereocenters. The Morgan fingerprint density at radius 3 is 2.95 bits per heavy atom. The Kier molecular flexibility index (Phi) is 3.54. The van der Waals surface area contributed by atoms with Crippen molar-refractivity contribution in [2.75, 3.05) is 0 Å². The van der Waals surface area contributed by atoms with E-state index in [4.69, 9.17) is 0 Å². The smallest absolute Gasteiger partial charge is 0.140 e. The lowest BCUT2D eigenvalue weighted by Crippen LogP contribution is -2.30. The SMILES string of the molecule is CCCCC1=Cc2ccccc2C2C(=O)CCCC12.